The van der Waals surface area contributed by atoms with Gasteiger partial charge >= 0.3 is 0 Å². The van der Waals surface area contributed by atoms with E-state index in [0.717, 1.165) is 0 Å². The SMILES string of the molecule is COc1cc(C#N)cc2c1CN(C1CCC(=O)NC1=O)C2=O. The maximum absolute atomic E-state index is 12.6. The molecule has 0 aromatic heterocycles. The van der Waals surface area contributed by atoms with Gasteiger partial charge in [0.25, 0.3) is 5.91 Å². The van der Waals surface area contributed by atoms with Crippen molar-refractivity contribution in [2.45, 2.75) is 25.4 Å². The number of ether oxygens (including phenoxy) is 1. The molecule has 0 spiro atoms. The van der Waals surface area contributed by atoms with Gasteiger partial charge in [0, 0.05) is 17.5 Å². The van der Waals surface area contributed by atoms with Crippen LogP contribution in [0.15, 0.2) is 12.1 Å². The number of nitrogens with zero attached hydrogens (tertiary/aromatic N) is 2. The van der Waals surface area contributed by atoms with Crippen LogP contribution in [0.4, 0.5) is 0 Å². The highest BCUT2D eigenvalue weighted by Gasteiger charge is 2.40. The van der Waals surface area contributed by atoms with E-state index in [1.54, 1.807) is 6.07 Å². The zero-order valence-corrected chi connectivity index (χ0v) is 11.9. The van der Waals surface area contributed by atoms with Gasteiger partial charge in [-0.3, -0.25) is 19.7 Å². The average molecular weight is 299 g/mol. The van der Waals surface area contributed by atoms with Crippen LogP contribution >= 0.6 is 0 Å². The summed E-state index contributed by atoms with van der Waals surface area (Å²) in [7, 11) is 1.47. The maximum atomic E-state index is 12.6. The van der Waals surface area contributed by atoms with E-state index >= 15 is 0 Å². The lowest BCUT2D eigenvalue weighted by Gasteiger charge is -2.29. The number of amides is 3. The number of piperidine rings is 1. The van der Waals surface area contributed by atoms with Crippen molar-refractivity contribution in [3.63, 3.8) is 0 Å². The quantitative estimate of drug-likeness (QED) is 0.793. The van der Waals surface area contributed by atoms with E-state index in [-0.39, 0.29) is 24.8 Å². The number of rotatable bonds is 2. The number of nitriles is 1. The van der Waals surface area contributed by atoms with Crippen molar-refractivity contribution < 1.29 is 19.1 Å². The van der Waals surface area contributed by atoms with Gasteiger partial charge in [0.15, 0.2) is 0 Å². The van der Waals surface area contributed by atoms with Crippen molar-refractivity contribution in [2.75, 3.05) is 7.11 Å². The van der Waals surface area contributed by atoms with Crippen LogP contribution in [0.3, 0.4) is 0 Å². The Hall–Kier alpha value is -2.88. The molecule has 7 nitrogen and oxygen atoms in total. The Morgan fingerprint density at radius 2 is 2.14 bits per heavy atom. The first kappa shape index (κ1) is 14.1. The lowest BCUT2D eigenvalue weighted by molar-refractivity contribution is -0.136. The van der Waals surface area contributed by atoms with Crippen LogP contribution in [0.5, 0.6) is 5.75 Å². The summed E-state index contributed by atoms with van der Waals surface area (Å²) < 4.78 is 5.24. The minimum Gasteiger partial charge on any atom is -0.496 e. The Labute approximate surface area is 126 Å². The van der Waals surface area contributed by atoms with Crippen molar-refractivity contribution in [3.05, 3.63) is 28.8 Å². The summed E-state index contributed by atoms with van der Waals surface area (Å²) >= 11 is 0. The molecule has 3 amide bonds. The molecule has 1 aromatic carbocycles. The molecule has 3 rings (SSSR count). The molecule has 2 heterocycles. The van der Waals surface area contributed by atoms with Crippen LogP contribution < -0.4 is 10.1 Å². The van der Waals surface area contributed by atoms with Crippen molar-refractivity contribution >= 4 is 17.7 Å². The van der Waals surface area contributed by atoms with E-state index in [2.05, 4.69) is 5.32 Å². The number of hydrogen-bond donors (Lipinski definition) is 1. The first-order valence-electron chi connectivity index (χ1n) is 6.81. The van der Waals surface area contributed by atoms with Gasteiger partial charge in [0.1, 0.15) is 11.8 Å². The standard InChI is InChI=1S/C15H13N3O4/c1-22-12-5-8(6-16)4-9-10(12)7-18(15(9)21)11-2-3-13(19)17-14(11)20/h4-5,11H,2-3,7H2,1H3,(H,17,19,20). The molecule has 1 saturated heterocycles. The van der Waals surface area contributed by atoms with Crippen LogP contribution in [-0.2, 0) is 16.1 Å². The molecule has 1 N–H and O–H groups in total. The number of benzene rings is 1. The van der Waals surface area contributed by atoms with Gasteiger partial charge in [0.2, 0.25) is 11.8 Å². The predicted octanol–water partition coefficient (Wildman–Crippen LogP) is 0.328. The Bertz CT molecular complexity index is 735. The lowest BCUT2D eigenvalue weighted by Crippen LogP contribution is -2.52. The number of methoxy groups -OCH3 is 1. The van der Waals surface area contributed by atoms with E-state index < -0.39 is 11.9 Å². The van der Waals surface area contributed by atoms with Crippen LogP contribution in [0, 0.1) is 11.3 Å². The van der Waals surface area contributed by atoms with Crippen LogP contribution in [-0.4, -0.2) is 35.8 Å². The monoisotopic (exact) mass is 299 g/mol. The molecule has 1 atom stereocenters. The number of carbonyl (C=O) groups is 3. The predicted molar refractivity (Wildman–Crippen MR) is 73.8 cm³/mol. The van der Waals surface area contributed by atoms with Crippen molar-refractivity contribution in [3.8, 4) is 11.8 Å². The topological polar surface area (TPSA) is 99.5 Å². The summed E-state index contributed by atoms with van der Waals surface area (Å²) in [4.78, 5) is 37.2. The van der Waals surface area contributed by atoms with Crippen molar-refractivity contribution in [2.24, 2.45) is 0 Å². The minimum absolute atomic E-state index is 0.205. The molecule has 1 unspecified atom stereocenters. The molecule has 1 fully saturated rings. The molecule has 0 radical (unpaired) electrons. The minimum atomic E-state index is -0.673. The first-order chi connectivity index (χ1) is 10.5. The number of imide groups is 1. The van der Waals surface area contributed by atoms with Crippen LogP contribution in [0.2, 0.25) is 0 Å². The van der Waals surface area contributed by atoms with Crippen molar-refractivity contribution in [1.82, 2.24) is 10.2 Å². The summed E-state index contributed by atoms with van der Waals surface area (Å²) in [6.45, 7) is 0.231. The first-order valence-corrected chi connectivity index (χ1v) is 6.81. The summed E-state index contributed by atoms with van der Waals surface area (Å²) in [5.41, 5.74) is 1.37. The van der Waals surface area contributed by atoms with Gasteiger partial charge in [-0.1, -0.05) is 0 Å². The second kappa shape index (κ2) is 5.15. The average Bonchev–Trinajstić information content (AvgIpc) is 2.83. The zero-order chi connectivity index (χ0) is 15.9. The van der Waals surface area contributed by atoms with Crippen molar-refractivity contribution in [1.29, 1.82) is 5.26 Å². The van der Waals surface area contributed by atoms with Gasteiger partial charge in [-0.15, -0.1) is 0 Å². The van der Waals surface area contributed by atoms with Gasteiger partial charge in [0.05, 0.1) is 25.3 Å². The molecule has 0 aliphatic carbocycles. The molecule has 2 aliphatic heterocycles. The van der Waals surface area contributed by atoms with E-state index in [9.17, 15) is 14.4 Å². The summed E-state index contributed by atoms with van der Waals surface area (Å²) in [5.74, 6) is -0.649. The summed E-state index contributed by atoms with van der Waals surface area (Å²) in [5, 5.41) is 11.3. The Kier molecular flexibility index (Phi) is 3.29. The highest BCUT2D eigenvalue weighted by atomic mass is 16.5. The molecule has 2 aliphatic rings. The molecular formula is C15H13N3O4. The van der Waals surface area contributed by atoms with Gasteiger partial charge < -0.3 is 9.64 Å². The summed E-state index contributed by atoms with van der Waals surface area (Å²) in [6.07, 6.45) is 0.509. The number of hydrogen-bond acceptors (Lipinski definition) is 5. The van der Waals surface area contributed by atoms with E-state index in [1.165, 1.54) is 18.1 Å². The van der Waals surface area contributed by atoms with Gasteiger partial charge in [-0.2, -0.15) is 5.26 Å². The molecule has 1 aromatic rings. The molecular weight excluding hydrogens is 286 g/mol. The zero-order valence-electron chi connectivity index (χ0n) is 11.9. The van der Waals surface area contributed by atoms with Gasteiger partial charge in [-0.05, 0) is 18.6 Å². The fourth-order valence-corrected chi connectivity index (χ4v) is 2.87. The number of carbonyl (C=O) groups excluding carboxylic acids is 3. The number of fused-ring (bicyclic) bond motifs is 1. The van der Waals surface area contributed by atoms with Crippen LogP contribution in [0.1, 0.15) is 34.3 Å². The molecule has 0 bridgehead atoms. The fourth-order valence-electron chi connectivity index (χ4n) is 2.87. The Morgan fingerprint density at radius 3 is 2.77 bits per heavy atom. The molecule has 0 saturated carbocycles. The number of nitrogens with one attached hydrogen (secondary N) is 1. The largest absolute Gasteiger partial charge is 0.496 e. The van der Waals surface area contributed by atoms with E-state index in [4.69, 9.17) is 10.00 Å². The third kappa shape index (κ3) is 2.09. The van der Waals surface area contributed by atoms with E-state index in [1.807, 2.05) is 6.07 Å². The van der Waals surface area contributed by atoms with E-state index in [0.29, 0.717) is 28.9 Å². The third-order valence-corrected chi connectivity index (χ3v) is 3.96. The molecule has 112 valence electrons. The summed E-state index contributed by atoms with van der Waals surface area (Å²) in [6, 6.07) is 4.39. The second-order valence-corrected chi connectivity index (χ2v) is 5.22. The maximum Gasteiger partial charge on any atom is 0.255 e. The second-order valence-electron chi connectivity index (χ2n) is 5.22. The molecule has 22 heavy (non-hydrogen) atoms. The Morgan fingerprint density at radius 1 is 1.36 bits per heavy atom. The molecule has 7 heteroatoms. The third-order valence-electron chi connectivity index (χ3n) is 3.96. The normalized spacial score (nSPS) is 20.5. The fraction of sp³-hybridized carbons (Fsp3) is 0.333. The van der Waals surface area contributed by atoms with Crippen LogP contribution in [0.25, 0.3) is 0 Å². The smallest absolute Gasteiger partial charge is 0.255 e. The Balaban J connectivity index is 1.96. The highest BCUT2D eigenvalue weighted by molar-refractivity contribution is 6.05. The van der Waals surface area contributed by atoms with Gasteiger partial charge in [-0.25, -0.2) is 0 Å². The lowest BCUT2D eigenvalue weighted by atomic mass is 10.0. The highest BCUT2D eigenvalue weighted by Crippen LogP contribution is 2.34.